The zero-order valence-corrected chi connectivity index (χ0v) is 8.61. The van der Waals surface area contributed by atoms with E-state index in [0.29, 0.717) is 6.54 Å². The third-order valence-electron chi connectivity index (χ3n) is 2.85. The van der Waals surface area contributed by atoms with Gasteiger partial charge in [0.25, 0.3) is 0 Å². The Balaban J connectivity index is 2.28. The number of nitriles is 1. The summed E-state index contributed by atoms with van der Waals surface area (Å²) in [6.45, 7) is 0.549. The Labute approximate surface area is 90.0 Å². The van der Waals surface area contributed by atoms with Crippen LogP contribution in [0.1, 0.15) is 24.0 Å². The van der Waals surface area contributed by atoms with Crippen molar-refractivity contribution in [2.75, 3.05) is 6.54 Å². The van der Waals surface area contributed by atoms with E-state index in [9.17, 15) is 0 Å². The van der Waals surface area contributed by atoms with Crippen LogP contribution in [0.25, 0.3) is 6.08 Å². The topological polar surface area (TPSA) is 49.8 Å². The van der Waals surface area contributed by atoms with Gasteiger partial charge in [0, 0.05) is 6.54 Å². The number of rotatable bonds is 3. The molecule has 1 aromatic rings. The molecule has 0 radical (unpaired) electrons. The monoisotopic (exact) mass is 198 g/mol. The molecule has 0 unspecified atom stereocenters. The van der Waals surface area contributed by atoms with Gasteiger partial charge < -0.3 is 5.73 Å². The highest BCUT2D eigenvalue weighted by Gasteiger charge is 2.44. The maximum Gasteiger partial charge on any atom is 0.0824 e. The quantitative estimate of drug-likeness (QED) is 0.809. The van der Waals surface area contributed by atoms with E-state index in [1.54, 1.807) is 0 Å². The zero-order chi connectivity index (χ0) is 10.7. The summed E-state index contributed by atoms with van der Waals surface area (Å²) in [5.74, 6) is 0. The van der Waals surface area contributed by atoms with E-state index in [2.05, 4.69) is 12.1 Å². The molecule has 2 nitrogen and oxygen atoms in total. The van der Waals surface area contributed by atoms with Gasteiger partial charge in [0.1, 0.15) is 0 Å². The summed E-state index contributed by atoms with van der Waals surface area (Å²) >= 11 is 0. The van der Waals surface area contributed by atoms with Crippen LogP contribution in [0.15, 0.2) is 30.3 Å². The second kappa shape index (κ2) is 3.88. The average Bonchev–Trinajstić information content (AvgIpc) is 3.08. The lowest BCUT2D eigenvalue weighted by Gasteiger charge is -2.06. The van der Waals surface area contributed by atoms with Crippen LogP contribution in [0, 0.1) is 11.3 Å². The van der Waals surface area contributed by atoms with Crippen LogP contribution >= 0.6 is 0 Å². The Kier molecular flexibility index (Phi) is 2.57. The summed E-state index contributed by atoms with van der Waals surface area (Å²) in [6.07, 6.45) is 5.91. The van der Waals surface area contributed by atoms with Crippen molar-refractivity contribution < 1.29 is 0 Å². The number of hydrogen-bond acceptors (Lipinski definition) is 2. The summed E-state index contributed by atoms with van der Waals surface area (Å²) in [5.41, 5.74) is 7.48. The Morgan fingerprint density at radius 3 is 2.87 bits per heavy atom. The van der Waals surface area contributed by atoms with E-state index in [1.165, 1.54) is 0 Å². The number of nitrogens with two attached hydrogens (primary N) is 1. The highest BCUT2D eigenvalue weighted by molar-refractivity contribution is 5.53. The second-order valence-electron chi connectivity index (χ2n) is 3.96. The molecule has 1 aliphatic rings. The third kappa shape index (κ3) is 1.93. The van der Waals surface area contributed by atoms with E-state index in [4.69, 9.17) is 11.0 Å². The molecule has 0 atom stereocenters. The van der Waals surface area contributed by atoms with Gasteiger partial charge in [-0.1, -0.05) is 36.4 Å². The van der Waals surface area contributed by atoms with Crippen LogP contribution in [-0.2, 0) is 5.41 Å². The predicted molar refractivity (Wildman–Crippen MR) is 61.1 cm³/mol. The number of benzene rings is 1. The maximum absolute atomic E-state index is 9.09. The third-order valence-corrected chi connectivity index (χ3v) is 2.85. The molecule has 0 aliphatic heterocycles. The molecule has 2 rings (SSSR count). The van der Waals surface area contributed by atoms with Crippen LogP contribution in [0.5, 0.6) is 0 Å². The van der Waals surface area contributed by atoms with E-state index < -0.39 is 0 Å². The number of hydrogen-bond donors (Lipinski definition) is 1. The van der Waals surface area contributed by atoms with Crippen molar-refractivity contribution in [2.24, 2.45) is 5.73 Å². The normalized spacial score (nSPS) is 17.6. The first-order valence-electron chi connectivity index (χ1n) is 5.19. The smallest absolute Gasteiger partial charge is 0.0824 e. The second-order valence-corrected chi connectivity index (χ2v) is 3.96. The molecule has 0 aromatic heterocycles. The Bertz CT molecular complexity index is 422. The van der Waals surface area contributed by atoms with Crippen molar-refractivity contribution in [1.82, 2.24) is 0 Å². The molecular formula is C13H14N2. The summed E-state index contributed by atoms with van der Waals surface area (Å²) in [5, 5.41) is 9.09. The van der Waals surface area contributed by atoms with E-state index in [-0.39, 0.29) is 5.41 Å². The molecular weight excluding hydrogens is 184 g/mol. The Morgan fingerprint density at radius 2 is 2.27 bits per heavy atom. The minimum Gasteiger partial charge on any atom is -0.327 e. The molecule has 0 saturated heterocycles. The lowest BCUT2D eigenvalue weighted by Crippen LogP contribution is -2.02. The minimum atomic E-state index is -0.188. The van der Waals surface area contributed by atoms with Crippen molar-refractivity contribution in [3.05, 3.63) is 41.5 Å². The van der Waals surface area contributed by atoms with Crippen molar-refractivity contribution in [2.45, 2.75) is 18.3 Å². The summed E-state index contributed by atoms with van der Waals surface area (Å²) in [6, 6.07) is 10.6. The first-order valence-corrected chi connectivity index (χ1v) is 5.19. The molecule has 1 fully saturated rings. The molecule has 2 heteroatoms. The summed E-state index contributed by atoms with van der Waals surface area (Å²) < 4.78 is 0. The van der Waals surface area contributed by atoms with Gasteiger partial charge in [-0.15, -0.1) is 0 Å². The van der Waals surface area contributed by atoms with Gasteiger partial charge in [0.15, 0.2) is 0 Å². The molecule has 15 heavy (non-hydrogen) atoms. The van der Waals surface area contributed by atoms with Gasteiger partial charge in [0.2, 0.25) is 0 Å². The van der Waals surface area contributed by atoms with Crippen molar-refractivity contribution in [3.8, 4) is 6.07 Å². The average molecular weight is 198 g/mol. The molecule has 0 bridgehead atoms. The van der Waals surface area contributed by atoms with Crippen molar-refractivity contribution in [3.63, 3.8) is 0 Å². The molecule has 0 amide bonds. The predicted octanol–water partition coefficient (Wildman–Crippen LogP) is 2.21. The van der Waals surface area contributed by atoms with Crippen LogP contribution in [0.3, 0.4) is 0 Å². The van der Waals surface area contributed by atoms with Crippen molar-refractivity contribution in [1.29, 1.82) is 5.26 Å². The maximum atomic E-state index is 9.09. The van der Waals surface area contributed by atoms with E-state index in [0.717, 1.165) is 24.0 Å². The molecule has 0 heterocycles. The Hall–Kier alpha value is -1.59. The van der Waals surface area contributed by atoms with Gasteiger partial charge in [-0.3, -0.25) is 0 Å². The highest BCUT2D eigenvalue weighted by atomic mass is 14.5. The summed E-state index contributed by atoms with van der Waals surface area (Å²) in [4.78, 5) is 0. The van der Waals surface area contributed by atoms with Crippen LogP contribution in [0.2, 0.25) is 0 Å². The lowest BCUT2D eigenvalue weighted by atomic mass is 9.96. The summed E-state index contributed by atoms with van der Waals surface area (Å²) in [7, 11) is 0. The zero-order valence-electron chi connectivity index (χ0n) is 8.61. The molecule has 1 aromatic carbocycles. The fourth-order valence-corrected chi connectivity index (χ4v) is 1.73. The lowest BCUT2D eigenvalue weighted by molar-refractivity contribution is 0.908. The van der Waals surface area contributed by atoms with Gasteiger partial charge in [-0.2, -0.15) is 5.26 Å². The fourth-order valence-electron chi connectivity index (χ4n) is 1.73. The van der Waals surface area contributed by atoms with Gasteiger partial charge >= 0.3 is 0 Å². The van der Waals surface area contributed by atoms with E-state index in [1.807, 2.05) is 30.4 Å². The van der Waals surface area contributed by atoms with Gasteiger partial charge in [0.05, 0.1) is 11.5 Å². The number of nitrogens with zero attached hydrogens (tertiary/aromatic N) is 1. The molecule has 1 aliphatic carbocycles. The Morgan fingerprint density at radius 1 is 1.47 bits per heavy atom. The largest absolute Gasteiger partial charge is 0.327 e. The van der Waals surface area contributed by atoms with Crippen LogP contribution in [0.4, 0.5) is 0 Å². The fraction of sp³-hybridized carbons (Fsp3) is 0.308. The van der Waals surface area contributed by atoms with Gasteiger partial charge in [-0.25, -0.2) is 0 Å². The van der Waals surface area contributed by atoms with Crippen molar-refractivity contribution >= 4 is 6.08 Å². The van der Waals surface area contributed by atoms with Gasteiger partial charge in [-0.05, 0) is 24.0 Å². The van der Waals surface area contributed by atoms with E-state index >= 15 is 0 Å². The first-order chi connectivity index (χ1) is 7.30. The first kappa shape index (κ1) is 9.95. The van der Waals surface area contributed by atoms with Crippen LogP contribution in [-0.4, -0.2) is 6.54 Å². The molecule has 76 valence electrons. The minimum absolute atomic E-state index is 0.188. The highest BCUT2D eigenvalue weighted by Crippen LogP contribution is 2.47. The molecule has 2 N–H and O–H groups in total. The SMILES string of the molecule is N#CC1(c2cccc(C=CCN)c2)CC1. The molecule has 1 saturated carbocycles. The van der Waals surface area contributed by atoms with Crippen LogP contribution < -0.4 is 5.73 Å². The standard InChI is InChI=1S/C13H14N2/c14-8-2-4-11-3-1-5-12(9-11)13(10-15)6-7-13/h1-5,9H,6-8,14H2. The molecule has 0 spiro atoms.